The smallest absolute Gasteiger partial charge is 0.167 e. The third kappa shape index (κ3) is 2.87. The van der Waals surface area contributed by atoms with Gasteiger partial charge in [0.15, 0.2) is 5.16 Å². The van der Waals surface area contributed by atoms with Gasteiger partial charge in [-0.3, -0.25) is 4.79 Å². The van der Waals surface area contributed by atoms with Crippen LogP contribution in [0.1, 0.15) is 13.3 Å². The molecule has 0 radical (unpaired) electrons. The molecule has 0 fully saturated rings. The number of rotatable bonds is 5. The molecular formula is C12H14N2O2S. The number of H-pyrrole nitrogens is 1. The molecule has 0 bridgehead atoms. The first-order valence-corrected chi connectivity index (χ1v) is 6.31. The fraction of sp³-hybridized carbons (Fsp3) is 0.333. The van der Waals surface area contributed by atoms with Crippen molar-refractivity contribution < 1.29 is 9.90 Å². The van der Waals surface area contributed by atoms with Crippen LogP contribution in [0.3, 0.4) is 0 Å². The number of aromatic nitrogens is 2. The number of nitrogens with zero attached hydrogens (tertiary/aromatic N) is 1. The number of fused-ring (bicyclic) bond motifs is 1. The van der Waals surface area contributed by atoms with Gasteiger partial charge in [0, 0.05) is 6.61 Å². The third-order valence-electron chi connectivity index (χ3n) is 2.47. The van der Waals surface area contributed by atoms with Crippen LogP contribution >= 0.6 is 11.8 Å². The number of benzene rings is 1. The van der Waals surface area contributed by atoms with Crippen molar-refractivity contribution in [1.82, 2.24) is 9.97 Å². The maximum absolute atomic E-state index is 11.4. The Morgan fingerprint density at radius 2 is 2.29 bits per heavy atom. The normalized spacial score (nSPS) is 12.8. The van der Waals surface area contributed by atoms with E-state index < -0.39 is 0 Å². The van der Waals surface area contributed by atoms with Gasteiger partial charge in [0.1, 0.15) is 5.78 Å². The molecular weight excluding hydrogens is 236 g/mol. The van der Waals surface area contributed by atoms with Gasteiger partial charge in [-0.05, 0) is 25.5 Å². The maximum Gasteiger partial charge on any atom is 0.167 e. The Labute approximate surface area is 103 Å². The summed E-state index contributed by atoms with van der Waals surface area (Å²) in [6, 6.07) is 7.73. The van der Waals surface area contributed by atoms with Crippen molar-refractivity contribution in [3.05, 3.63) is 24.3 Å². The molecule has 0 aliphatic carbocycles. The van der Waals surface area contributed by atoms with Gasteiger partial charge in [0.25, 0.3) is 0 Å². The fourth-order valence-electron chi connectivity index (χ4n) is 1.58. The Morgan fingerprint density at radius 1 is 1.53 bits per heavy atom. The van der Waals surface area contributed by atoms with Crippen molar-refractivity contribution in [2.24, 2.45) is 0 Å². The SMILES string of the molecule is CC(=O)C(CCO)Sc1nc2ccccc2[nH]1. The standard InChI is InChI=1S/C12H14N2O2S/c1-8(16)11(6-7-15)17-12-13-9-4-2-3-5-10(9)14-12/h2-5,11,15H,6-7H2,1H3,(H,13,14). The van der Waals surface area contributed by atoms with Gasteiger partial charge >= 0.3 is 0 Å². The molecule has 2 rings (SSSR count). The van der Waals surface area contributed by atoms with Crippen LogP contribution in [0.4, 0.5) is 0 Å². The molecule has 2 N–H and O–H groups in total. The average molecular weight is 250 g/mol. The highest BCUT2D eigenvalue weighted by Crippen LogP contribution is 2.25. The van der Waals surface area contributed by atoms with E-state index in [-0.39, 0.29) is 17.6 Å². The molecule has 90 valence electrons. The summed E-state index contributed by atoms with van der Waals surface area (Å²) >= 11 is 1.37. The lowest BCUT2D eigenvalue weighted by molar-refractivity contribution is -0.116. The predicted octanol–water partition coefficient (Wildman–Crippen LogP) is 1.99. The molecule has 1 aromatic carbocycles. The largest absolute Gasteiger partial charge is 0.396 e. The predicted molar refractivity (Wildman–Crippen MR) is 68.1 cm³/mol. The zero-order valence-electron chi connectivity index (χ0n) is 9.51. The fourth-order valence-corrected chi connectivity index (χ4v) is 2.56. The van der Waals surface area contributed by atoms with E-state index in [0.29, 0.717) is 6.42 Å². The molecule has 2 aromatic rings. The van der Waals surface area contributed by atoms with E-state index in [9.17, 15) is 4.79 Å². The maximum atomic E-state index is 11.4. The molecule has 1 heterocycles. The van der Waals surface area contributed by atoms with Crippen molar-refractivity contribution in [1.29, 1.82) is 0 Å². The summed E-state index contributed by atoms with van der Waals surface area (Å²) in [6.07, 6.45) is 0.455. The second kappa shape index (κ2) is 5.33. The van der Waals surface area contributed by atoms with Crippen molar-refractivity contribution in [3.8, 4) is 0 Å². The highest BCUT2D eigenvalue weighted by Gasteiger charge is 2.17. The monoisotopic (exact) mass is 250 g/mol. The van der Waals surface area contributed by atoms with Crippen LogP contribution in [0.25, 0.3) is 11.0 Å². The van der Waals surface area contributed by atoms with E-state index in [2.05, 4.69) is 9.97 Å². The van der Waals surface area contributed by atoms with E-state index in [1.807, 2.05) is 24.3 Å². The molecule has 1 aromatic heterocycles. The number of aliphatic hydroxyl groups excluding tert-OH is 1. The molecule has 0 spiro atoms. The molecule has 0 saturated heterocycles. The summed E-state index contributed by atoms with van der Waals surface area (Å²) in [7, 11) is 0. The molecule has 1 atom stereocenters. The third-order valence-corrected chi connectivity index (χ3v) is 3.74. The molecule has 5 heteroatoms. The first-order valence-electron chi connectivity index (χ1n) is 5.43. The average Bonchev–Trinajstić information content (AvgIpc) is 2.70. The van der Waals surface area contributed by atoms with Crippen LogP contribution < -0.4 is 0 Å². The van der Waals surface area contributed by atoms with Crippen LogP contribution in [-0.2, 0) is 4.79 Å². The van der Waals surface area contributed by atoms with Crippen LogP contribution in [0, 0.1) is 0 Å². The number of carbonyl (C=O) groups excluding carboxylic acids is 1. The minimum Gasteiger partial charge on any atom is -0.396 e. The van der Waals surface area contributed by atoms with Gasteiger partial charge < -0.3 is 10.1 Å². The Balaban J connectivity index is 2.19. The van der Waals surface area contributed by atoms with E-state index in [1.54, 1.807) is 0 Å². The Morgan fingerprint density at radius 3 is 2.94 bits per heavy atom. The van der Waals surface area contributed by atoms with Crippen molar-refractivity contribution in [2.75, 3.05) is 6.61 Å². The lowest BCUT2D eigenvalue weighted by atomic mass is 10.2. The second-order valence-electron chi connectivity index (χ2n) is 3.79. The molecule has 0 aliphatic heterocycles. The molecule has 1 unspecified atom stereocenters. The number of para-hydroxylation sites is 2. The second-order valence-corrected chi connectivity index (χ2v) is 4.98. The summed E-state index contributed by atoms with van der Waals surface area (Å²) in [6.45, 7) is 1.55. The Bertz CT molecular complexity index is 491. The number of hydrogen-bond acceptors (Lipinski definition) is 4. The number of aromatic amines is 1. The number of thioether (sulfide) groups is 1. The zero-order valence-corrected chi connectivity index (χ0v) is 10.3. The topological polar surface area (TPSA) is 66.0 Å². The number of hydrogen-bond donors (Lipinski definition) is 2. The van der Waals surface area contributed by atoms with Gasteiger partial charge in [-0.2, -0.15) is 0 Å². The van der Waals surface area contributed by atoms with Gasteiger partial charge in [-0.15, -0.1) is 0 Å². The van der Waals surface area contributed by atoms with Gasteiger partial charge in [0.2, 0.25) is 0 Å². The Hall–Kier alpha value is -1.33. The summed E-state index contributed by atoms with van der Waals surface area (Å²) < 4.78 is 0. The number of carbonyl (C=O) groups is 1. The van der Waals surface area contributed by atoms with Crippen molar-refractivity contribution >= 4 is 28.6 Å². The summed E-state index contributed by atoms with van der Waals surface area (Å²) in [5.74, 6) is 0.0597. The zero-order chi connectivity index (χ0) is 12.3. The lowest BCUT2D eigenvalue weighted by Gasteiger charge is -2.08. The number of nitrogens with one attached hydrogen (secondary N) is 1. The van der Waals surface area contributed by atoms with Crippen molar-refractivity contribution in [3.63, 3.8) is 0 Å². The quantitative estimate of drug-likeness (QED) is 0.796. The Kier molecular flexibility index (Phi) is 3.81. The van der Waals surface area contributed by atoms with Crippen molar-refractivity contribution in [2.45, 2.75) is 23.8 Å². The summed E-state index contributed by atoms with van der Waals surface area (Å²) in [5.41, 5.74) is 1.85. The first-order chi connectivity index (χ1) is 8.20. The van der Waals surface area contributed by atoms with E-state index in [4.69, 9.17) is 5.11 Å². The highest BCUT2D eigenvalue weighted by molar-refractivity contribution is 8.00. The van der Waals surface area contributed by atoms with Gasteiger partial charge in [0.05, 0.1) is 16.3 Å². The van der Waals surface area contributed by atoms with Crippen LogP contribution in [0.15, 0.2) is 29.4 Å². The van der Waals surface area contributed by atoms with E-state index in [1.165, 1.54) is 18.7 Å². The minimum atomic E-state index is -0.236. The van der Waals surface area contributed by atoms with E-state index >= 15 is 0 Å². The number of aliphatic hydroxyl groups is 1. The van der Waals surface area contributed by atoms with Gasteiger partial charge in [-0.25, -0.2) is 4.98 Å². The molecule has 4 nitrogen and oxygen atoms in total. The number of imidazole rings is 1. The van der Waals surface area contributed by atoms with Gasteiger partial charge in [-0.1, -0.05) is 23.9 Å². The lowest BCUT2D eigenvalue weighted by Crippen LogP contribution is -2.15. The van der Waals surface area contributed by atoms with E-state index in [0.717, 1.165) is 16.2 Å². The molecule has 0 saturated carbocycles. The minimum absolute atomic E-state index is 0.0114. The molecule has 0 amide bonds. The highest BCUT2D eigenvalue weighted by atomic mass is 32.2. The van der Waals surface area contributed by atoms with Crippen LogP contribution in [-0.4, -0.2) is 32.7 Å². The van der Waals surface area contributed by atoms with Crippen LogP contribution in [0.2, 0.25) is 0 Å². The molecule has 0 aliphatic rings. The number of Topliss-reactive ketones (excluding diaryl/α,β-unsaturated/α-hetero) is 1. The van der Waals surface area contributed by atoms with Crippen LogP contribution in [0.5, 0.6) is 0 Å². The summed E-state index contributed by atoms with van der Waals surface area (Å²) in [5, 5.41) is 9.39. The number of ketones is 1. The molecule has 17 heavy (non-hydrogen) atoms. The first kappa shape index (κ1) is 12.1. The summed E-state index contributed by atoms with van der Waals surface area (Å²) in [4.78, 5) is 18.9.